The molecule has 0 aliphatic carbocycles. The van der Waals surface area contributed by atoms with Crippen molar-refractivity contribution in [2.24, 2.45) is 10.8 Å². The number of hydrogen-bond acceptors (Lipinski definition) is 4. The molecule has 0 atom stereocenters. The molecule has 0 bridgehead atoms. The number of benzene rings is 1. The molecule has 1 rings (SSSR count). The van der Waals surface area contributed by atoms with Crippen molar-refractivity contribution in [3.8, 4) is 11.5 Å². The first-order chi connectivity index (χ1) is 10.1. The fraction of sp³-hybridized carbons (Fsp3) is 0.467. The number of nitrogens with zero attached hydrogens (tertiary/aromatic N) is 1. The van der Waals surface area contributed by atoms with E-state index in [2.05, 4.69) is 10.5 Å². The number of carbonyl (C=O) groups excluding carboxylic acids is 1. The minimum Gasteiger partial charge on any atom is -0.490 e. The van der Waals surface area contributed by atoms with E-state index in [1.165, 1.54) is 0 Å². The van der Waals surface area contributed by atoms with Gasteiger partial charge in [-0.25, -0.2) is 10.2 Å². The van der Waals surface area contributed by atoms with E-state index in [9.17, 15) is 4.79 Å². The lowest BCUT2D eigenvalue weighted by Gasteiger charge is -2.13. The number of hydrazone groups is 1. The first-order valence-electron chi connectivity index (χ1n) is 7.08. The molecule has 0 spiro atoms. The van der Waals surface area contributed by atoms with Crippen molar-refractivity contribution in [1.82, 2.24) is 5.43 Å². The third kappa shape index (κ3) is 5.72. The number of nitrogens with one attached hydrogen (secondary N) is 1. The fourth-order valence-corrected chi connectivity index (χ4v) is 1.59. The molecule has 0 radical (unpaired) electrons. The number of nitrogens with two attached hydrogens (primary N) is 1. The molecule has 0 aromatic heterocycles. The highest BCUT2D eigenvalue weighted by Crippen LogP contribution is 2.29. The molecular weight excluding hydrogens is 270 g/mol. The van der Waals surface area contributed by atoms with Crippen molar-refractivity contribution in [2.75, 3.05) is 13.2 Å². The SMILES string of the molecule is CCCOc1ccc(/C(C)=N\NC(N)=O)cc1OCCC. The molecule has 0 unspecified atom stereocenters. The van der Waals surface area contributed by atoms with Gasteiger partial charge in [-0.15, -0.1) is 0 Å². The van der Waals surface area contributed by atoms with Gasteiger partial charge in [-0.05, 0) is 38.0 Å². The van der Waals surface area contributed by atoms with E-state index in [4.69, 9.17) is 15.2 Å². The molecule has 0 aliphatic rings. The van der Waals surface area contributed by atoms with Crippen LogP contribution in [0.2, 0.25) is 0 Å². The van der Waals surface area contributed by atoms with Crippen molar-refractivity contribution in [3.05, 3.63) is 23.8 Å². The molecule has 6 nitrogen and oxygen atoms in total. The van der Waals surface area contributed by atoms with Gasteiger partial charge in [-0.1, -0.05) is 13.8 Å². The van der Waals surface area contributed by atoms with E-state index < -0.39 is 6.03 Å². The quantitative estimate of drug-likeness (QED) is 0.570. The standard InChI is InChI=1S/C15H23N3O3/c1-4-8-20-13-7-6-12(10-14(13)21-9-5-2)11(3)17-18-15(16)19/h6-7,10H,4-5,8-9H2,1-3H3,(H3,16,18,19)/b17-11-. The molecule has 2 amide bonds. The maximum absolute atomic E-state index is 10.7. The van der Waals surface area contributed by atoms with E-state index >= 15 is 0 Å². The van der Waals surface area contributed by atoms with Gasteiger partial charge in [0.25, 0.3) is 0 Å². The van der Waals surface area contributed by atoms with Gasteiger partial charge in [0.1, 0.15) is 0 Å². The van der Waals surface area contributed by atoms with Crippen LogP contribution in [0.5, 0.6) is 11.5 Å². The molecule has 3 N–H and O–H groups in total. The monoisotopic (exact) mass is 293 g/mol. The van der Waals surface area contributed by atoms with Crippen molar-refractivity contribution in [1.29, 1.82) is 0 Å². The zero-order valence-corrected chi connectivity index (χ0v) is 12.8. The van der Waals surface area contributed by atoms with E-state index in [0.29, 0.717) is 30.4 Å². The Morgan fingerprint density at radius 1 is 1.19 bits per heavy atom. The van der Waals surface area contributed by atoms with E-state index in [0.717, 1.165) is 18.4 Å². The van der Waals surface area contributed by atoms with Crippen molar-refractivity contribution in [2.45, 2.75) is 33.6 Å². The molecule has 0 saturated heterocycles. The fourth-order valence-electron chi connectivity index (χ4n) is 1.59. The van der Waals surface area contributed by atoms with Crippen LogP contribution in [0.1, 0.15) is 39.2 Å². The first kappa shape index (κ1) is 16.8. The summed E-state index contributed by atoms with van der Waals surface area (Å²) in [6.45, 7) is 7.12. The van der Waals surface area contributed by atoms with Crippen LogP contribution < -0.4 is 20.6 Å². The number of ether oxygens (including phenoxy) is 2. The molecule has 116 valence electrons. The van der Waals surface area contributed by atoms with Gasteiger partial charge in [-0.3, -0.25) is 0 Å². The normalized spacial score (nSPS) is 11.1. The molecule has 0 saturated carbocycles. The predicted octanol–water partition coefficient (Wildman–Crippen LogP) is 2.66. The molecule has 1 aromatic rings. The van der Waals surface area contributed by atoms with Crippen LogP contribution in [0.4, 0.5) is 4.79 Å². The highest BCUT2D eigenvalue weighted by molar-refractivity contribution is 5.99. The largest absolute Gasteiger partial charge is 0.490 e. The van der Waals surface area contributed by atoms with E-state index in [-0.39, 0.29) is 0 Å². The Bertz CT molecular complexity index is 501. The van der Waals surface area contributed by atoms with Crippen molar-refractivity contribution >= 4 is 11.7 Å². The summed E-state index contributed by atoms with van der Waals surface area (Å²) in [4.78, 5) is 10.7. The second-order valence-corrected chi connectivity index (χ2v) is 4.53. The second-order valence-electron chi connectivity index (χ2n) is 4.53. The summed E-state index contributed by atoms with van der Waals surface area (Å²) in [6, 6.07) is 4.87. The van der Waals surface area contributed by atoms with Crippen LogP contribution >= 0.6 is 0 Å². The summed E-state index contributed by atoms with van der Waals surface area (Å²) in [5.41, 5.74) is 8.67. The maximum atomic E-state index is 10.7. The van der Waals surface area contributed by atoms with Gasteiger partial charge in [0, 0.05) is 5.56 Å². The number of urea groups is 1. The Morgan fingerprint density at radius 3 is 2.38 bits per heavy atom. The van der Waals surface area contributed by atoms with Gasteiger partial charge < -0.3 is 15.2 Å². The summed E-state index contributed by atoms with van der Waals surface area (Å²) in [6.07, 6.45) is 1.84. The van der Waals surface area contributed by atoms with Gasteiger partial charge in [0.15, 0.2) is 11.5 Å². The highest BCUT2D eigenvalue weighted by atomic mass is 16.5. The number of hydrogen-bond donors (Lipinski definition) is 2. The Balaban J connectivity index is 2.96. The number of amides is 2. The van der Waals surface area contributed by atoms with Crippen LogP contribution in [0.3, 0.4) is 0 Å². The minimum absolute atomic E-state index is 0.613. The molecule has 1 aromatic carbocycles. The summed E-state index contributed by atoms with van der Waals surface area (Å²) >= 11 is 0. The molecule has 21 heavy (non-hydrogen) atoms. The summed E-state index contributed by atoms with van der Waals surface area (Å²) in [5.74, 6) is 1.39. The summed E-state index contributed by atoms with van der Waals surface area (Å²) in [5, 5.41) is 3.90. The third-order valence-corrected chi connectivity index (χ3v) is 2.62. The molecule has 0 fully saturated rings. The van der Waals surface area contributed by atoms with Gasteiger partial charge in [0.2, 0.25) is 0 Å². The van der Waals surface area contributed by atoms with Gasteiger partial charge >= 0.3 is 6.03 Å². The lowest BCUT2D eigenvalue weighted by Crippen LogP contribution is -2.25. The Kier molecular flexibility index (Phi) is 7.08. The third-order valence-electron chi connectivity index (χ3n) is 2.62. The average Bonchev–Trinajstić information content (AvgIpc) is 2.48. The maximum Gasteiger partial charge on any atom is 0.332 e. The molecule has 6 heteroatoms. The second kappa shape index (κ2) is 8.84. The number of carbonyl (C=O) groups is 1. The molecule has 0 heterocycles. The topological polar surface area (TPSA) is 85.9 Å². The van der Waals surface area contributed by atoms with Crippen molar-refractivity contribution in [3.63, 3.8) is 0 Å². The lowest BCUT2D eigenvalue weighted by molar-refractivity contribution is 0.249. The first-order valence-corrected chi connectivity index (χ1v) is 7.08. The smallest absolute Gasteiger partial charge is 0.332 e. The highest BCUT2D eigenvalue weighted by Gasteiger charge is 2.08. The van der Waals surface area contributed by atoms with Crippen molar-refractivity contribution < 1.29 is 14.3 Å². The Hall–Kier alpha value is -2.24. The van der Waals surface area contributed by atoms with Crippen LogP contribution in [0.15, 0.2) is 23.3 Å². The predicted molar refractivity (Wildman–Crippen MR) is 82.9 cm³/mol. The van der Waals surface area contributed by atoms with Crippen LogP contribution in [0.25, 0.3) is 0 Å². The average molecular weight is 293 g/mol. The van der Waals surface area contributed by atoms with E-state index in [1.54, 1.807) is 6.92 Å². The lowest BCUT2D eigenvalue weighted by atomic mass is 10.1. The zero-order valence-electron chi connectivity index (χ0n) is 12.8. The van der Waals surface area contributed by atoms with Gasteiger partial charge in [0.05, 0.1) is 18.9 Å². The van der Waals surface area contributed by atoms with Crippen LogP contribution in [-0.2, 0) is 0 Å². The molecule has 0 aliphatic heterocycles. The van der Waals surface area contributed by atoms with Crippen LogP contribution in [-0.4, -0.2) is 25.0 Å². The Morgan fingerprint density at radius 2 is 1.81 bits per heavy atom. The number of primary amides is 1. The zero-order chi connectivity index (χ0) is 15.7. The summed E-state index contributed by atoms with van der Waals surface area (Å²) < 4.78 is 11.4. The van der Waals surface area contributed by atoms with Crippen LogP contribution in [0, 0.1) is 0 Å². The molecular formula is C15H23N3O3. The number of rotatable bonds is 8. The Labute approximate surface area is 125 Å². The summed E-state index contributed by atoms with van der Waals surface area (Å²) in [7, 11) is 0. The van der Waals surface area contributed by atoms with E-state index in [1.807, 2.05) is 32.0 Å². The minimum atomic E-state index is -0.695. The van der Waals surface area contributed by atoms with Gasteiger partial charge in [-0.2, -0.15) is 5.10 Å².